The maximum atomic E-state index is 11.8. The Kier molecular flexibility index (Phi) is 5.68. The lowest BCUT2D eigenvalue weighted by molar-refractivity contribution is -0.161. The molecule has 3 atom stereocenters. The van der Waals surface area contributed by atoms with Crippen LogP contribution in [-0.2, 0) is 17.6 Å². The van der Waals surface area contributed by atoms with E-state index in [4.69, 9.17) is 5.73 Å². The first-order valence-electron chi connectivity index (χ1n) is 9.98. The Bertz CT molecular complexity index is 657. The summed E-state index contributed by atoms with van der Waals surface area (Å²) in [6.07, 6.45) is 9.74. The smallest absolute Gasteiger partial charge is 0.337 e. The molecule has 0 aromatic carbocycles. The molecule has 1 heterocycles. The predicted molar refractivity (Wildman–Crippen MR) is 101 cm³/mol. The lowest BCUT2D eigenvalue weighted by atomic mass is 9.84. The molecule has 0 saturated heterocycles. The second-order valence-corrected chi connectivity index (χ2v) is 8.77. The molecule has 1 saturated carbocycles. The summed E-state index contributed by atoms with van der Waals surface area (Å²) in [5, 5.41) is 20.4. The van der Waals surface area contributed by atoms with Gasteiger partial charge in [-0.15, -0.1) is 0 Å². The second kappa shape index (κ2) is 7.65. The predicted octanol–water partition coefficient (Wildman–Crippen LogP) is 3.03. The summed E-state index contributed by atoms with van der Waals surface area (Å²) in [6, 6.07) is 1.20. The highest BCUT2D eigenvalue weighted by Crippen LogP contribution is 2.41. The lowest BCUT2D eigenvalue weighted by Crippen LogP contribution is -2.56. The number of nitrogens with two attached hydrogens (primary N) is 1. The standard InChI is InChI=1S/C21H32N2O3/c1-13(2)9-19(22)21(26,20(24)25)11-17-10-18-15(6-5-14-3-4-14)7-8-16(18)12-23-17/h10,12-15,19,26H,3-9,11,22H2,1-2H3,(H,24,25)/t15-,19+,21-/m1/s1. The van der Waals surface area contributed by atoms with Crippen molar-refractivity contribution in [1.82, 2.24) is 4.98 Å². The van der Waals surface area contributed by atoms with Crippen LogP contribution in [0, 0.1) is 11.8 Å². The molecule has 4 N–H and O–H groups in total. The van der Waals surface area contributed by atoms with E-state index in [2.05, 4.69) is 4.98 Å². The summed E-state index contributed by atoms with van der Waals surface area (Å²) in [7, 11) is 0. The molecule has 0 spiro atoms. The largest absolute Gasteiger partial charge is 0.479 e. The number of carbonyl (C=O) groups is 1. The molecule has 2 aliphatic carbocycles. The number of aliphatic hydroxyl groups is 1. The zero-order valence-electron chi connectivity index (χ0n) is 15.9. The number of nitrogens with zero attached hydrogens (tertiary/aromatic N) is 1. The molecule has 1 aromatic heterocycles. The molecular weight excluding hydrogens is 328 g/mol. The minimum absolute atomic E-state index is 0.0428. The van der Waals surface area contributed by atoms with Gasteiger partial charge in [0.2, 0.25) is 0 Å². The molecular formula is C21H32N2O3. The monoisotopic (exact) mass is 360 g/mol. The number of aryl methyl sites for hydroxylation is 1. The Balaban J connectivity index is 1.75. The summed E-state index contributed by atoms with van der Waals surface area (Å²) in [5.41, 5.74) is 7.31. The third kappa shape index (κ3) is 4.26. The van der Waals surface area contributed by atoms with Gasteiger partial charge in [0, 0.05) is 24.4 Å². The normalized spacial score (nSPS) is 22.9. The van der Waals surface area contributed by atoms with Gasteiger partial charge in [0.05, 0.1) is 0 Å². The fraction of sp³-hybridized carbons (Fsp3) is 0.714. The summed E-state index contributed by atoms with van der Waals surface area (Å²) in [6.45, 7) is 3.94. The van der Waals surface area contributed by atoms with Gasteiger partial charge in [-0.3, -0.25) is 4.98 Å². The first-order valence-corrected chi connectivity index (χ1v) is 9.98. The number of hydrogen-bond acceptors (Lipinski definition) is 4. The SMILES string of the molecule is CC(C)C[C@H](N)[C@](O)(Cc1cc2c(cn1)CC[C@H]2CCC1CC1)C(=O)O. The number of aromatic nitrogens is 1. The van der Waals surface area contributed by atoms with Crippen molar-refractivity contribution in [2.75, 3.05) is 0 Å². The van der Waals surface area contributed by atoms with Gasteiger partial charge in [0.25, 0.3) is 0 Å². The van der Waals surface area contributed by atoms with Gasteiger partial charge >= 0.3 is 5.97 Å². The first-order chi connectivity index (χ1) is 12.3. The van der Waals surface area contributed by atoms with Crippen LogP contribution in [0.15, 0.2) is 12.3 Å². The van der Waals surface area contributed by atoms with Crippen LogP contribution in [0.3, 0.4) is 0 Å². The second-order valence-electron chi connectivity index (χ2n) is 8.77. The van der Waals surface area contributed by atoms with Crippen molar-refractivity contribution in [3.8, 4) is 0 Å². The van der Waals surface area contributed by atoms with Crippen LogP contribution in [0.5, 0.6) is 0 Å². The zero-order chi connectivity index (χ0) is 18.9. The van der Waals surface area contributed by atoms with Crippen LogP contribution in [0.2, 0.25) is 0 Å². The first kappa shape index (κ1) is 19.3. The van der Waals surface area contributed by atoms with Crippen LogP contribution in [-0.4, -0.2) is 32.8 Å². The van der Waals surface area contributed by atoms with Gasteiger partial charge in [0.15, 0.2) is 5.60 Å². The molecule has 0 unspecified atom stereocenters. The van der Waals surface area contributed by atoms with Crippen LogP contribution >= 0.6 is 0 Å². The van der Waals surface area contributed by atoms with Crippen molar-refractivity contribution in [2.45, 2.75) is 82.8 Å². The van der Waals surface area contributed by atoms with E-state index in [-0.39, 0.29) is 12.3 Å². The number of carboxylic acid groups (broad SMARTS) is 1. The van der Waals surface area contributed by atoms with E-state index in [0.717, 1.165) is 18.8 Å². The molecule has 1 fully saturated rings. The summed E-state index contributed by atoms with van der Waals surface area (Å²) >= 11 is 0. The van der Waals surface area contributed by atoms with E-state index in [1.54, 1.807) is 0 Å². The van der Waals surface area contributed by atoms with Gasteiger partial charge in [-0.2, -0.15) is 0 Å². The van der Waals surface area contributed by atoms with Gasteiger partial charge < -0.3 is 15.9 Å². The molecule has 0 radical (unpaired) electrons. The molecule has 5 heteroatoms. The Hall–Kier alpha value is -1.46. The molecule has 3 rings (SSSR count). The summed E-state index contributed by atoms with van der Waals surface area (Å²) < 4.78 is 0. The highest BCUT2D eigenvalue weighted by molar-refractivity contribution is 5.78. The molecule has 2 aliphatic rings. The van der Waals surface area contributed by atoms with Crippen molar-refractivity contribution in [1.29, 1.82) is 0 Å². The van der Waals surface area contributed by atoms with Crippen molar-refractivity contribution >= 4 is 5.97 Å². The number of rotatable bonds is 9. The van der Waals surface area contributed by atoms with Crippen molar-refractivity contribution in [3.05, 3.63) is 29.1 Å². The molecule has 0 aliphatic heterocycles. The van der Waals surface area contributed by atoms with Gasteiger partial charge in [0.1, 0.15) is 0 Å². The van der Waals surface area contributed by atoms with E-state index < -0.39 is 17.6 Å². The molecule has 0 amide bonds. The van der Waals surface area contributed by atoms with Crippen LogP contribution in [0.1, 0.15) is 75.1 Å². The van der Waals surface area contributed by atoms with E-state index in [9.17, 15) is 15.0 Å². The Morgan fingerprint density at radius 3 is 2.69 bits per heavy atom. The maximum absolute atomic E-state index is 11.8. The highest BCUT2D eigenvalue weighted by Gasteiger charge is 2.43. The number of hydrogen-bond donors (Lipinski definition) is 3. The van der Waals surface area contributed by atoms with E-state index in [0.29, 0.717) is 18.0 Å². The Morgan fingerprint density at radius 1 is 1.35 bits per heavy atom. The molecule has 5 nitrogen and oxygen atoms in total. The third-order valence-corrected chi connectivity index (χ3v) is 6.06. The van der Waals surface area contributed by atoms with Crippen LogP contribution in [0.4, 0.5) is 0 Å². The number of aliphatic carboxylic acids is 1. The Labute approximate surface area is 156 Å². The average molecular weight is 360 g/mol. The quantitative estimate of drug-likeness (QED) is 0.629. The lowest BCUT2D eigenvalue weighted by Gasteiger charge is -2.30. The fourth-order valence-electron chi connectivity index (χ4n) is 4.20. The van der Waals surface area contributed by atoms with Crippen LogP contribution < -0.4 is 5.73 Å². The number of pyridine rings is 1. The van der Waals surface area contributed by atoms with Crippen molar-refractivity contribution < 1.29 is 15.0 Å². The average Bonchev–Trinajstić information content (AvgIpc) is 3.32. The molecule has 26 heavy (non-hydrogen) atoms. The van der Waals surface area contributed by atoms with Crippen molar-refractivity contribution in [3.63, 3.8) is 0 Å². The third-order valence-electron chi connectivity index (χ3n) is 6.06. The number of fused-ring (bicyclic) bond motifs is 1. The molecule has 0 bridgehead atoms. The zero-order valence-corrected chi connectivity index (χ0v) is 15.9. The molecule has 1 aromatic rings. The van der Waals surface area contributed by atoms with Crippen LogP contribution in [0.25, 0.3) is 0 Å². The summed E-state index contributed by atoms with van der Waals surface area (Å²) in [4.78, 5) is 16.2. The minimum Gasteiger partial charge on any atom is -0.479 e. The minimum atomic E-state index is -1.98. The molecule has 144 valence electrons. The fourth-order valence-corrected chi connectivity index (χ4v) is 4.20. The number of carboxylic acids is 1. The van der Waals surface area contributed by atoms with E-state index in [1.807, 2.05) is 26.1 Å². The van der Waals surface area contributed by atoms with E-state index in [1.165, 1.54) is 36.8 Å². The van der Waals surface area contributed by atoms with Crippen molar-refractivity contribution in [2.24, 2.45) is 17.6 Å². The summed E-state index contributed by atoms with van der Waals surface area (Å²) in [5.74, 6) is 0.426. The van der Waals surface area contributed by atoms with Gasteiger partial charge in [-0.05, 0) is 67.1 Å². The maximum Gasteiger partial charge on any atom is 0.337 e. The Morgan fingerprint density at radius 2 is 2.08 bits per heavy atom. The van der Waals surface area contributed by atoms with Gasteiger partial charge in [-0.25, -0.2) is 4.79 Å². The van der Waals surface area contributed by atoms with Gasteiger partial charge in [-0.1, -0.05) is 26.7 Å². The highest BCUT2D eigenvalue weighted by atomic mass is 16.4. The van der Waals surface area contributed by atoms with E-state index >= 15 is 0 Å². The topological polar surface area (TPSA) is 96.4 Å².